The summed E-state index contributed by atoms with van der Waals surface area (Å²) in [5.74, 6) is -1.27. The molecule has 1 aromatic carbocycles. The van der Waals surface area contributed by atoms with Gasteiger partial charge in [0.15, 0.2) is 5.69 Å². The number of rotatable bonds is 4. The van der Waals surface area contributed by atoms with Gasteiger partial charge in [0, 0.05) is 16.5 Å². The van der Waals surface area contributed by atoms with Crippen molar-refractivity contribution in [3.05, 3.63) is 51.7 Å². The smallest absolute Gasteiger partial charge is 0.357 e. The van der Waals surface area contributed by atoms with Gasteiger partial charge in [-0.2, -0.15) is 0 Å². The van der Waals surface area contributed by atoms with Crippen LogP contribution in [0.3, 0.4) is 0 Å². The van der Waals surface area contributed by atoms with E-state index < -0.39 is 17.3 Å². The molecule has 0 bridgehead atoms. The predicted molar refractivity (Wildman–Crippen MR) is 89.5 cm³/mol. The maximum Gasteiger partial charge on any atom is 0.357 e. The molecule has 2 aromatic rings. The zero-order valence-corrected chi connectivity index (χ0v) is 14.8. The molecule has 1 heterocycles. The van der Waals surface area contributed by atoms with Crippen LogP contribution in [0.15, 0.2) is 29.6 Å². The van der Waals surface area contributed by atoms with Crippen molar-refractivity contribution < 1.29 is 18.7 Å². The van der Waals surface area contributed by atoms with Crippen molar-refractivity contribution in [3.63, 3.8) is 0 Å². The van der Waals surface area contributed by atoms with Crippen molar-refractivity contribution in [2.45, 2.75) is 32.9 Å². The maximum absolute atomic E-state index is 13.4. The molecule has 0 atom stereocenters. The van der Waals surface area contributed by atoms with Crippen LogP contribution < -0.4 is 0 Å². The Balaban J connectivity index is 2.28. The van der Waals surface area contributed by atoms with Gasteiger partial charge in [-0.15, -0.1) is 11.3 Å². The highest BCUT2D eigenvalue weighted by Gasteiger charge is 2.29. The van der Waals surface area contributed by atoms with Gasteiger partial charge >= 0.3 is 5.97 Å². The van der Waals surface area contributed by atoms with E-state index in [-0.39, 0.29) is 23.7 Å². The number of hydrogen-bond donors (Lipinski definition) is 0. The maximum atomic E-state index is 13.4. The molecule has 24 heavy (non-hydrogen) atoms. The van der Waals surface area contributed by atoms with E-state index in [1.165, 1.54) is 36.6 Å². The van der Waals surface area contributed by atoms with Crippen LogP contribution in [0, 0.1) is 5.82 Å². The molecular formula is C17H19FN2O3S. The summed E-state index contributed by atoms with van der Waals surface area (Å²) in [6, 6.07) is 5.58. The monoisotopic (exact) mass is 350 g/mol. The van der Waals surface area contributed by atoms with Crippen molar-refractivity contribution in [2.75, 3.05) is 7.11 Å². The second-order valence-electron chi connectivity index (χ2n) is 6.19. The number of carbonyl (C=O) groups excluding carboxylic acids is 2. The average molecular weight is 350 g/mol. The quantitative estimate of drug-likeness (QED) is 0.792. The first-order chi connectivity index (χ1) is 11.2. The van der Waals surface area contributed by atoms with Crippen molar-refractivity contribution >= 4 is 23.2 Å². The summed E-state index contributed by atoms with van der Waals surface area (Å²) in [4.78, 5) is 30.1. The lowest BCUT2D eigenvalue weighted by Crippen LogP contribution is -2.45. The van der Waals surface area contributed by atoms with Crippen LogP contribution in [0.5, 0.6) is 0 Å². The molecule has 5 nitrogen and oxygen atoms in total. The fourth-order valence-corrected chi connectivity index (χ4v) is 2.86. The van der Waals surface area contributed by atoms with Crippen LogP contribution in [-0.4, -0.2) is 34.4 Å². The summed E-state index contributed by atoms with van der Waals surface area (Å²) in [5.41, 5.74) is -0.0141. The molecule has 7 heteroatoms. The third kappa shape index (κ3) is 4.17. The molecule has 1 aromatic heterocycles. The van der Waals surface area contributed by atoms with Gasteiger partial charge < -0.3 is 9.64 Å². The Hall–Kier alpha value is -2.28. The molecule has 0 unspecified atom stereocenters. The van der Waals surface area contributed by atoms with E-state index >= 15 is 0 Å². The number of carbonyl (C=O) groups is 2. The van der Waals surface area contributed by atoms with E-state index in [0.29, 0.717) is 5.01 Å². The number of nitrogens with zero attached hydrogens (tertiary/aromatic N) is 2. The molecule has 0 aliphatic carbocycles. The van der Waals surface area contributed by atoms with E-state index in [4.69, 9.17) is 0 Å². The number of thiazole rings is 1. The number of ether oxygens (including phenoxy) is 1. The largest absolute Gasteiger partial charge is 0.464 e. The van der Waals surface area contributed by atoms with Crippen LogP contribution in [0.2, 0.25) is 0 Å². The Morgan fingerprint density at radius 1 is 1.33 bits per heavy atom. The van der Waals surface area contributed by atoms with Gasteiger partial charge in [-0.1, -0.05) is 6.07 Å². The molecule has 0 saturated heterocycles. The summed E-state index contributed by atoms with van der Waals surface area (Å²) < 4.78 is 18.0. The van der Waals surface area contributed by atoms with E-state index in [0.717, 1.165) is 0 Å². The van der Waals surface area contributed by atoms with Gasteiger partial charge in [0.25, 0.3) is 5.91 Å². The van der Waals surface area contributed by atoms with Crippen LogP contribution in [-0.2, 0) is 11.3 Å². The van der Waals surface area contributed by atoms with Crippen molar-refractivity contribution in [1.82, 2.24) is 9.88 Å². The van der Waals surface area contributed by atoms with Crippen molar-refractivity contribution in [1.29, 1.82) is 0 Å². The summed E-state index contributed by atoms with van der Waals surface area (Å²) in [6.07, 6.45) is 0. The zero-order valence-electron chi connectivity index (χ0n) is 14.0. The topological polar surface area (TPSA) is 59.5 Å². The molecule has 0 N–H and O–H groups in total. The van der Waals surface area contributed by atoms with Crippen LogP contribution in [0.25, 0.3) is 0 Å². The highest BCUT2D eigenvalue weighted by atomic mass is 32.1. The third-order valence-electron chi connectivity index (χ3n) is 3.37. The first-order valence-corrected chi connectivity index (χ1v) is 8.20. The molecule has 0 radical (unpaired) electrons. The van der Waals surface area contributed by atoms with E-state index in [2.05, 4.69) is 9.72 Å². The number of methoxy groups -OCH3 is 1. The van der Waals surface area contributed by atoms with Crippen molar-refractivity contribution in [2.24, 2.45) is 0 Å². The molecule has 0 saturated carbocycles. The number of halogens is 1. The van der Waals surface area contributed by atoms with Crippen LogP contribution >= 0.6 is 11.3 Å². The minimum Gasteiger partial charge on any atom is -0.464 e. The van der Waals surface area contributed by atoms with Crippen LogP contribution in [0.1, 0.15) is 46.6 Å². The molecule has 0 spiro atoms. The highest BCUT2D eigenvalue weighted by Crippen LogP contribution is 2.23. The first kappa shape index (κ1) is 18.1. The lowest BCUT2D eigenvalue weighted by Gasteiger charge is -2.35. The molecule has 0 fully saturated rings. The zero-order chi connectivity index (χ0) is 17.9. The molecular weight excluding hydrogens is 331 g/mol. The van der Waals surface area contributed by atoms with Gasteiger partial charge in [0.05, 0.1) is 13.7 Å². The molecule has 1 amide bonds. The Labute approximate surface area is 144 Å². The van der Waals surface area contributed by atoms with E-state index in [9.17, 15) is 14.0 Å². The SMILES string of the molecule is COC(=O)c1csc(CN(C(=O)c2cccc(F)c2)C(C)(C)C)n1. The minimum absolute atomic E-state index is 0.213. The number of amides is 1. The minimum atomic E-state index is -0.517. The molecule has 2 rings (SSSR count). The second-order valence-corrected chi connectivity index (χ2v) is 7.13. The Bertz CT molecular complexity index is 752. The van der Waals surface area contributed by atoms with Gasteiger partial charge in [-0.25, -0.2) is 14.2 Å². The van der Waals surface area contributed by atoms with Gasteiger partial charge in [-0.05, 0) is 39.0 Å². The lowest BCUT2D eigenvalue weighted by molar-refractivity contribution is 0.0558. The average Bonchev–Trinajstić information content (AvgIpc) is 2.99. The first-order valence-electron chi connectivity index (χ1n) is 7.32. The predicted octanol–water partition coefficient (Wildman–Crippen LogP) is 3.51. The highest BCUT2D eigenvalue weighted by molar-refractivity contribution is 7.09. The second kappa shape index (κ2) is 7.09. The lowest BCUT2D eigenvalue weighted by atomic mass is 10.0. The number of esters is 1. The summed E-state index contributed by atoms with van der Waals surface area (Å²) >= 11 is 1.27. The molecule has 0 aliphatic heterocycles. The van der Waals surface area contributed by atoms with Crippen molar-refractivity contribution in [3.8, 4) is 0 Å². The molecule has 0 aliphatic rings. The Morgan fingerprint density at radius 3 is 2.62 bits per heavy atom. The third-order valence-corrected chi connectivity index (χ3v) is 4.20. The summed E-state index contributed by atoms with van der Waals surface area (Å²) in [6.45, 7) is 5.89. The summed E-state index contributed by atoms with van der Waals surface area (Å²) in [5, 5.41) is 2.20. The fraction of sp³-hybridized carbons (Fsp3) is 0.353. The Kier molecular flexibility index (Phi) is 5.33. The van der Waals surface area contributed by atoms with Gasteiger partial charge in [0.1, 0.15) is 10.8 Å². The number of aromatic nitrogens is 1. The van der Waals surface area contributed by atoms with Gasteiger partial charge in [0.2, 0.25) is 0 Å². The van der Waals surface area contributed by atoms with Gasteiger partial charge in [-0.3, -0.25) is 4.79 Å². The normalized spacial score (nSPS) is 11.2. The standard InChI is InChI=1S/C17H19FN2O3S/c1-17(2,3)20(15(21)11-6-5-7-12(18)8-11)9-14-19-13(10-24-14)16(22)23-4/h5-8,10H,9H2,1-4H3. The van der Waals surface area contributed by atoms with E-state index in [1.54, 1.807) is 16.3 Å². The number of hydrogen-bond acceptors (Lipinski definition) is 5. The number of benzene rings is 1. The summed E-state index contributed by atoms with van der Waals surface area (Å²) in [7, 11) is 1.29. The molecule has 128 valence electrons. The fourth-order valence-electron chi connectivity index (χ4n) is 2.11. The van der Waals surface area contributed by atoms with Crippen LogP contribution in [0.4, 0.5) is 4.39 Å². The Morgan fingerprint density at radius 2 is 2.04 bits per heavy atom. The van der Waals surface area contributed by atoms with E-state index in [1.807, 2.05) is 20.8 Å².